The average molecular weight is 261 g/mol. The number of nitrogens with zero attached hydrogens (tertiary/aromatic N) is 1. The lowest BCUT2D eigenvalue weighted by Gasteiger charge is -2.15. The summed E-state index contributed by atoms with van der Waals surface area (Å²) < 4.78 is 9.27. The molecule has 0 spiro atoms. The standard InChI is InChI=1S/C13H11NO5/c1-18-7-10(13(17)19-2)14-11(15)8-5-3-4-6-9(8)12(14)16/h3-7H,1-2H3. The van der Waals surface area contributed by atoms with E-state index >= 15 is 0 Å². The molecule has 1 aliphatic heterocycles. The zero-order valence-corrected chi connectivity index (χ0v) is 10.4. The SMILES string of the molecule is COC=C(C(=O)OC)N1C(=O)c2ccccc2C1=O. The normalized spacial score (nSPS) is 14.4. The quantitative estimate of drug-likeness (QED) is 0.350. The summed E-state index contributed by atoms with van der Waals surface area (Å²) in [7, 11) is 2.46. The summed E-state index contributed by atoms with van der Waals surface area (Å²) in [6.45, 7) is 0. The number of esters is 1. The van der Waals surface area contributed by atoms with Crippen LogP contribution in [0.4, 0.5) is 0 Å². The minimum Gasteiger partial charge on any atom is -0.502 e. The highest BCUT2D eigenvalue weighted by molar-refractivity contribution is 6.24. The van der Waals surface area contributed by atoms with Crippen LogP contribution in [0.5, 0.6) is 0 Å². The molecule has 2 amide bonds. The van der Waals surface area contributed by atoms with Gasteiger partial charge in [-0.1, -0.05) is 12.1 Å². The fourth-order valence-corrected chi connectivity index (χ4v) is 1.82. The van der Waals surface area contributed by atoms with Crippen molar-refractivity contribution in [1.82, 2.24) is 4.90 Å². The number of carbonyl (C=O) groups excluding carboxylic acids is 3. The molecular weight excluding hydrogens is 250 g/mol. The Morgan fingerprint density at radius 3 is 2.05 bits per heavy atom. The van der Waals surface area contributed by atoms with Gasteiger partial charge in [-0.15, -0.1) is 0 Å². The van der Waals surface area contributed by atoms with E-state index < -0.39 is 17.8 Å². The molecule has 1 heterocycles. The zero-order chi connectivity index (χ0) is 14.0. The van der Waals surface area contributed by atoms with Crippen LogP contribution in [0.3, 0.4) is 0 Å². The largest absolute Gasteiger partial charge is 0.502 e. The number of benzene rings is 1. The van der Waals surface area contributed by atoms with E-state index in [2.05, 4.69) is 4.74 Å². The van der Waals surface area contributed by atoms with Crippen molar-refractivity contribution in [2.75, 3.05) is 14.2 Å². The number of hydrogen-bond acceptors (Lipinski definition) is 5. The van der Waals surface area contributed by atoms with E-state index in [1.165, 1.54) is 19.2 Å². The highest BCUT2D eigenvalue weighted by Crippen LogP contribution is 2.26. The summed E-state index contributed by atoms with van der Waals surface area (Å²) >= 11 is 0. The second-order valence-corrected chi connectivity index (χ2v) is 3.72. The summed E-state index contributed by atoms with van der Waals surface area (Å²) in [4.78, 5) is 36.7. The number of methoxy groups -OCH3 is 2. The van der Waals surface area contributed by atoms with Crippen molar-refractivity contribution in [3.8, 4) is 0 Å². The van der Waals surface area contributed by atoms with Crippen LogP contribution in [0, 0.1) is 0 Å². The van der Waals surface area contributed by atoms with Gasteiger partial charge < -0.3 is 9.47 Å². The topological polar surface area (TPSA) is 72.9 Å². The van der Waals surface area contributed by atoms with Crippen LogP contribution >= 0.6 is 0 Å². The Hall–Kier alpha value is -2.63. The van der Waals surface area contributed by atoms with Gasteiger partial charge in [0.2, 0.25) is 0 Å². The first-order chi connectivity index (χ1) is 9.11. The zero-order valence-electron chi connectivity index (χ0n) is 10.4. The molecule has 0 aromatic heterocycles. The van der Waals surface area contributed by atoms with Gasteiger partial charge in [-0.2, -0.15) is 0 Å². The predicted octanol–water partition coefficient (Wildman–Crippen LogP) is 0.943. The van der Waals surface area contributed by atoms with E-state index in [0.29, 0.717) is 0 Å². The van der Waals surface area contributed by atoms with Crippen LogP contribution in [0.25, 0.3) is 0 Å². The lowest BCUT2D eigenvalue weighted by atomic mass is 10.1. The van der Waals surface area contributed by atoms with E-state index in [1.807, 2.05) is 0 Å². The molecule has 6 nitrogen and oxygen atoms in total. The minimum atomic E-state index is -0.823. The number of imide groups is 1. The molecule has 0 fully saturated rings. The van der Waals surface area contributed by atoms with Crippen LogP contribution in [0.1, 0.15) is 20.7 Å². The smallest absolute Gasteiger partial charge is 0.358 e. The minimum absolute atomic E-state index is 0.249. The fraction of sp³-hybridized carbons (Fsp3) is 0.154. The van der Waals surface area contributed by atoms with Crippen molar-refractivity contribution >= 4 is 17.8 Å². The number of rotatable bonds is 3. The van der Waals surface area contributed by atoms with Crippen LogP contribution in [0.2, 0.25) is 0 Å². The molecule has 0 unspecified atom stereocenters. The summed E-state index contributed by atoms with van der Waals surface area (Å²) in [5, 5.41) is 0. The van der Waals surface area contributed by atoms with Crippen molar-refractivity contribution in [1.29, 1.82) is 0 Å². The Kier molecular flexibility index (Phi) is 3.33. The second-order valence-electron chi connectivity index (χ2n) is 3.72. The fourth-order valence-electron chi connectivity index (χ4n) is 1.82. The third kappa shape index (κ3) is 1.97. The first-order valence-electron chi connectivity index (χ1n) is 5.41. The van der Waals surface area contributed by atoms with Crippen molar-refractivity contribution in [3.63, 3.8) is 0 Å². The molecule has 0 N–H and O–H groups in total. The molecule has 1 aromatic carbocycles. The van der Waals surface area contributed by atoms with E-state index in [9.17, 15) is 14.4 Å². The molecular formula is C13H11NO5. The monoisotopic (exact) mass is 261 g/mol. The molecule has 0 saturated heterocycles. The summed E-state index contributed by atoms with van der Waals surface area (Å²) in [5.41, 5.74) is 0.244. The van der Waals surface area contributed by atoms with Crippen molar-refractivity contribution in [3.05, 3.63) is 47.4 Å². The van der Waals surface area contributed by atoms with E-state index in [1.54, 1.807) is 12.1 Å². The number of carbonyl (C=O) groups is 3. The second kappa shape index (κ2) is 4.93. The van der Waals surface area contributed by atoms with Gasteiger partial charge in [-0.05, 0) is 12.1 Å². The van der Waals surface area contributed by atoms with Crippen molar-refractivity contribution in [2.24, 2.45) is 0 Å². The average Bonchev–Trinajstić information content (AvgIpc) is 2.68. The highest BCUT2D eigenvalue weighted by Gasteiger charge is 2.40. The predicted molar refractivity (Wildman–Crippen MR) is 64.1 cm³/mol. The molecule has 0 atom stereocenters. The first kappa shape index (κ1) is 12.8. The summed E-state index contributed by atoms with van der Waals surface area (Å²) in [5.74, 6) is -1.97. The third-order valence-electron chi connectivity index (χ3n) is 2.66. The number of ether oxygens (including phenoxy) is 2. The third-order valence-corrected chi connectivity index (χ3v) is 2.66. The van der Waals surface area contributed by atoms with Gasteiger partial charge in [0, 0.05) is 0 Å². The van der Waals surface area contributed by atoms with Gasteiger partial charge >= 0.3 is 5.97 Å². The molecule has 0 saturated carbocycles. The molecule has 98 valence electrons. The van der Waals surface area contributed by atoms with Crippen LogP contribution in [-0.2, 0) is 14.3 Å². The summed E-state index contributed by atoms with van der Waals surface area (Å²) in [6, 6.07) is 6.34. The molecule has 0 aliphatic carbocycles. The molecule has 0 bridgehead atoms. The molecule has 2 rings (SSSR count). The number of fused-ring (bicyclic) bond motifs is 1. The Balaban J connectivity index is 2.48. The van der Waals surface area contributed by atoms with E-state index in [4.69, 9.17) is 4.74 Å². The maximum absolute atomic E-state index is 12.1. The van der Waals surface area contributed by atoms with Crippen molar-refractivity contribution < 1.29 is 23.9 Å². The Morgan fingerprint density at radius 1 is 1.11 bits per heavy atom. The van der Waals surface area contributed by atoms with Gasteiger partial charge in [0.05, 0.1) is 25.3 Å². The van der Waals surface area contributed by atoms with Gasteiger partial charge in [-0.25, -0.2) is 9.69 Å². The molecule has 6 heteroatoms. The van der Waals surface area contributed by atoms with Crippen LogP contribution < -0.4 is 0 Å². The van der Waals surface area contributed by atoms with Gasteiger partial charge in [0.15, 0.2) is 5.70 Å². The Labute approximate surface area is 109 Å². The maximum Gasteiger partial charge on any atom is 0.358 e. The van der Waals surface area contributed by atoms with E-state index in [-0.39, 0.29) is 16.8 Å². The maximum atomic E-state index is 12.1. The van der Waals surface area contributed by atoms with E-state index in [0.717, 1.165) is 18.3 Å². The number of amides is 2. The molecule has 1 aromatic rings. The van der Waals surface area contributed by atoms with Gasteiger partial charge in [0.1, 0.15) is 6.26 Å². The molecule has 19 heavy (non-hydrogen) atoms. The molecule has 1 aliphatic rings. The lowest BCUT2D eigenvalue weighted by Crippen LogP contribution is -2.33. The van der Waals surface area contributed by atoms with Crippen molar-refractivity contribution in [2.45, 2.75) is 0 Å². The lowest BCUT2D eigenvalue weighted by molar-refractivity contribution is -0.137. The van der Waals surface area contributed by atoms with Gasteiger partial charge in [-0.3, -0.25) is 9.59 Å². The van der Waals surface area contributed by atoms with Gasteiger partial charge in [0.25, 0.3) is 11.8 Å². The summed E-state index contributed by atoms with van der Waals surface area (Å²) in [6.07, 6.45) is 1.01. The highest BCUT2D eigenvalue weighted by atomic mass is 16.5. The Bertz CT molecular complexity index is 555. The van der Waals surface area contributed by atoms with Crippen LogP contribution in [0.15, 0.2) is 36.2 Å². The van der Waals surface area contributed by atoms with Crippen LogP contribution in [-0.4, -0.2) is 36.9 Å². The molecule has 0 radical (unpaired) electrons. The number of hydrogen-bond donors (Lipinski definition) is 0. The Morgan fingerprint density at radius 2 is 1.63 bits per heavy atom. The first-order valence-corrected chi connectivity index (χ1v) is 5.41.